The summed E-state index contributed by atoms with van der Waals surface area (Å²) in [7, 11) is 1.54. The number of halogens is 2. The molecule has 0 heterocycles. The summed E-state index contributed by atoms with van der Waals surface area (Å²) in [4.78, 5) is 3.88. The van der Waals surface area contributed by atoms with Gasteiger partial charge in [-0.05, 0) is 36.4 Å². The number of nitrogens with zero attached hydrogens (tertiary/aromatic N) is 1. The van der Waals surface area contributed by atoms with Crippen LogP contribution in [-0.4, -0.2) is 24.7 Å². The number of hydrogen-bond acceptors (Lipinski definition) is 3. The number of hydrogen-bond donors (Lipinski definition) is 1. The molecule has 0 aliphatic heterocycles. The van der Waals surface area contributed by atoms with Crippen LogP contribution < -0.4 is 4.74 Å². The number of rotatable bonds is 4. The van der Waals surface area contributed by atoms with Crippen molar-refractivity contribution in [3.05, 3.63) is 65.2 Å². The molecule has 0 aliphatic carbocycles. The van der Waals surface area contributed by atoms with E-state index >= 15 is 0 Å². The molecule has 0 aromatic heterocycles. The van der Waals surface area contributed by atoms with Gasteiger partial charge in [-0.3, -0.25) is 4.99 Å². The smallest absolute Gasteiger partial charge is 0.135 e. The maximum absolute atomic E-state index is 13.8. The molecule has 2 aromatic rings. The minimum Gasteiger partial charge on any atom is -0.497 e. The molecule has 0 amide bonds. The minimum absolute atomic E-state index is 0.130. The van der Waals surface area contributed by atoms with Gasteiger partial charge < -0.3 is 9.84 Å². The number of ether oxygens (including phenoxy) is 1. The number of benzene rings is 2. The molecule has 2 rings (SSSR count). The highest BCUT2D eigenvalue weighted by Crippen LogP contribution is 2.18. The third kappa shape index (κ3) is 3.00. The molecule has 5 heteroatoms. The highest BCUT2D eigenvalue weighted by molar-refractivity contribution is 6.13. The van der Waals surface area contributed by atoms with Crippen LogP contribution in [-0.2, 0) is 0 Å². The van der Waals surface area contributed by atoms with E-state index in [9.17, 15) is 8.78 Å². The molecule has 0 atom stereocenters. The van der Waals surface area contributed by atoms with Gasteiger partial charge in [0, 0.05) is 17.2 Å². The Hall–Kier alpha value is -2.27. The van der Waals surface area contributed by atoms with Crippen molar-refractivity contribution in [2.24, 2.45) is 4.99 Å². The van der Waals surface area contributed by atoms with E-state index in [2.05, 4.69) is 4.99 Å². The molecule has 20 heavy (non-hydrogen) atoms. The van der Waals surface area contributed by atoms with Crippen LogP contribution in [0.2, 0.25) is 0 Å². The Labute approximate surface area is 115 Å². The maximum Gasteiger partial charge on any atom is 0.135 e. The van der Waals surface area contributed by atoms with Gasteiger partial charge in [-0.2, -0.15) is 0 Å². The normalized spacial score (nSPS) is 11.5. The second kappa shape index (κ2) is 6.25. The molecule has 0 bridgehead atoms. The maximum atomic E-state index is 13.8. The predicted octanol–water partition coefficient (Wildman–Crippen LogP) is 2.76. The van der Waals surface area contributed by atoms with E-state index in [1.807, 2.05) is 0 Å². The standard InChI is InChI=1S/C15H13F2NO2/c1-20-12-5-2-10(3-6-12)15(18-9-19)13-7-4-11(16)8-14(13)17/h2-8,19H,9H2,1H3/b18-15+. The number of methoxy groups -OCH3 is 1. The number of aliphatic hydroxyl groups excluding tert-OH is 1. The lowest BCUT2D eigenvalue weighted by molar-refractivity contribution is 0.309. The summed E-state index contributed by atoms with van der Waals surface area (Å²) >= 11 is 0. The predicted molar refractivity (Wildman–Crippen MR) is 72.1 cm³/mol. The summed E-state index contributed by atoms with van der Waals surface area (Å²) in [6.07, 6.45) is 0. The quantitative estimate of drug-likeness (QED) is 0.873. The summed E-state index contributed by atoms with van der Waals surface area (Å²) in [5.74, 6) is -0.742. The van der Waals surface area contributed by atoms with Crippen LogP contribution >= 0.6 is 0 Å². The fourth-order valence-electron chi connectivity index (χ4n) is 1.83. The molecule has 0 saturated heterocycles. The van der Waals surface area contributed by atoms with Gasteiger partial charge in [0.25, 0.3) is 0 Å². The van der Waals surface area contributed by atoms with Crippen LogP contribution in [0.4, 0.5) is 8.78 Å². The summed E-state index contributed by atoms with van der Waals surface area (Å²) < 4.78 is 31.8. The zero-order chi connectivity index (χ0) is 14.5. The largest absolute Gasteiger partial charge is 0.497 e. The van der Waals surface area contributed by atoms with Crippen LogP contribution in [0.25, 0.3) is 0 Å². The summed E-state index contributed by atoms with van der Waals surface area (Å²) in [5, 5.41) is 9.00. The molecule has 2 aromatic carbocycles. The molecule has 104 valence electrons. The van der Waals surface area contributed by atoms with Crippen molar-refractivity contribution in [1.82, 2.24) is 0 Å². The van der Waals surface area contributed by atoms with Crippen LogP contribution in [0.3, 0.4) is 0 Å². The first-order valence-electron chi connectivity index (χ1n) is 5.91. The Morgan fingerprint density at radius 3 is 2.40 bits per heavy atom. The Balaban J connectivity index is 2.47. The highest BCUT2D eigenvalue weighted by atomic mass is 19.1. The second-order valence-corrected chi connectivity index (χ2v) is 4.00. The first-order chi connectivity index (χ1) is 9.65. The molecular weight excluding hydrogens is 264 g/mol. The van der Waals surface area contributed by atoms with Crippen molar-refractivity contribution in [2.45, 2.75) is 0 Å². The lowest BCUT2D eigenvalue weighted by Gasteiger charge is -2.09. The molecule has 0 fully saturated rings. The lowest BCUT2D eigenvalue weighted by atomic mass is 10.0. The Kier molecular flexibility index (Phi) is 4.42. The van der Waals surface area contributed by atoms with Crippen molar-refractivity contribution in [1.29, 1.82) is 0 Å². The summed E-state index contributed by atoms with van der Waals surface area (Å²) in [6.45, 7) is -0.488. The zero-order valence-electron chi connectivity index (χ0n) is 10.8. The Bertz CT molecular complexity index is 624. The second-order valence-electron chi connectivity index (χ2n) is 4.00. The Morgan fingerprint density at radius 1 is 1.15 bits per heavy atom. The third-order valence-electron chi connectivity index (χ3n) is 2.78. The van der Waals surface area contributed by atoms with Gasteiger partial charge in [-0.15, -0.1) is 0 Å². The first-order valence-corrected chi connectivity index (χ1v) is 5.91. The van der Waals surface area contributed by atoms with Crippen molar-refractivity contribution in [2.75, 3.05) is 13.8 Å². The lowest BCUT2D eigenvalue weighted by Crippen LogP contribution is -2.07. The van der Waals surface area contributed by atoms with Crippen LogP contribution in [0.15, 0.2) is 47.5 Å². The van der Waals surface area contributed by atoms with Crippen molar-refractivity contribution in [3.63, 3.8) is 0 Å². The molecule has 0 spiro atoms. The van der Waals surface area contributed by atoms with E-state index in [0.717, 1.165) is 12.1 Å². The molecule has 0 unspecified atom stereocenters. The Morgan fingerprint density at radius 2 is 1.85 bits per heavy atom. The van der Waals surface area contributed by atoms with E-state index in [4.69, 9.17) is 9.84 Å². The summed E-state index contributed by atoms with van der Waals surface area (Å²) in [5.41, 5.74) is 0.989. The van der Waals surface area contributed by atoms with Crippen LogP contribution in [0.1, 0.15) is 11.1 Å². The summed E-state index contributed by atoms with van der Waals surface area (Å²) in [6, 6.07) is 10.0. The highest BCUT2D eigenvalue weighted by Gasteiger charge is 2.12. The van der Waals surface area contributed by atoms with Gasteiger partial charge in [0.05, 0.1) is 12.8 Å². The van der Waals surface area contributed by atoms with Crippen molar-refractivity contribution >= 4 is 5.71 Å². The van der Waals surface area contributed by atoms with Gasteiger partial charge in [0.2, 0.25) is 0 Å². The van der Waals surface area contributed by atoms with E-state index < -0.39 is 18.4 Å². The molecule has 1 N–H and O–H groups in total. The molecule has 3 nitrogen and oxygen atoms in total. The van der Waals surface area contributed by atoms with Gasteiger partial charge in [-0.1, -0.05) is 0 Å². The molecule has 0 radical (unpaired) electrons. The van der Waals surface area contributed by atoms with Crippen molar-refractivity contribution < 1.29 is 18.6 Å². The topological polar surface area (TPSA) is 41.8 Å². The fourth-order valence-corrected chi connectivity index (χ4v) is 1.83. The van der Waals surface area contributed by atoms with E-state index in [0.29, 0.717) is 11.3 Å². The van der Waals surface area contributed by atoms with E-state index in [1.54, 1.807) is 24.3 Å². The molecule has 0 saturated carbocycles. The van der Waals surface area contributed by atoms with Crippen molar-refractivity contribution in [3.8, 4) is 5.75 Å². The molecular formula is C15H13F2NO2. The third-order valence-corrected chi connectivity index (χ3v) is 2.78. The van der Waals surface area contributed by atoms with E-state index in [-0.39, 0.29) is 11.3 Å². The average molecular weight is 277 g/mol. The van der Waals surface area contributed by atoms with E-state index in [1.165, 1.54) is 13.2 Å². The van der Waals surface area contributed by atoms with Gasteiger partial charge >= 0.3 is 0 Å². The minimum atomic E-state index is -0.729. The van der Waals surface area contributed by atoms with Gasteiger partial charge in [0.1, 0.15) is 24.1 Å². The SMILES string of the molecule is COc1ccc(/C(=N\CO)c2ccc(F)cc2F)cc1. The number of aliphatic hydroxyl groups is 1. The monoisotopic (exact) mass is 277 g/mol. The fraction of sp³-hybridized carbons (Fsp3) is 0.133. The van der Waals surface area contributed by atoms with Gasteiger partial charge in [-0.25, -0.2) is 8.78 Å². The first kappa shape index (κ1) is 14.1. The van der Waals surface area contributed by atoms with Crippen LogP contribution in [0.5, 0.6) is 5.75 Å². The van der Waals surface area contributed by atoms with Gasteiger partial charge in [0.15, 0.2) is 0 Å². The molecule has 0 aliphatic rings. The average Bonchev–Trinajstić information content (AvgIpc) is 2.46. The number of aliphatic imine (C=N–C) groups is 1. The zero-order valence-corrected chi connectivity index (χ0v) is 10.8. The van der Waals surface area contributed by atoms with Crippen LogP contribution in [0, 0.1) is 11.6 Å².